The summed E-state index contributed by atoms with van der Waals surface area (Å²) < 4.78 is 0. The van der Waals surface area contributed by atoms with E-state index in [4.69, 9.17) is 0 Å². The summed E-state index contributed by atoms with van der Waals surface area (Å²) in [6, 6.07) is 6.43. The van der Waals surface area contributed by atoms with Crippen LogP contribution in [-0.2, 0) is 11.3 Å². The summed E-state index contributed by atoms with van der Waals surface area (Å²) in [6.45, 7) is 6.67. The number of benzene rings is 1. The zero-order valence-corrected chi connectivity index (χ0v) is 12.2. The van der Waals surface area contributed by atoms with Crippen LogP contribution in [0.4, 0.5) is 0 Å². The molecule has 2 aromatic rings. The van der Waals surface area contributed by atoms with E-state index in [1.807, 2.05) is 39.1 Å². The van der Waals surface area contributed by atoms with Gasteiger partial charge in [-0.1, -0.05) is 18.2 Å². The van der Waals surface area contributed by atoms with E-state index in [0.29, 0.717) is 6.42 Å². The molecule has 0 spiro atoms. The Balaban J connectivity index is 1.88. The van der Waals surface area contributed by atoms with Gasteiger partial charge in [0.15, 0.2) is 0 Å². The molecule has 0 aliphatic rings. The number of hydrogen-bond acceptors (Lipinski definition) is 3. The number of aromatic amines is 1. The zero-order valence-electron chi connectivity index (χ0n) is 12.2. The number of nitrogens with zero attached hydrogens (tertiary/aromatic N) is 1. The summed E-state index contributed by atoms with van der Waals surface area (Å²) >= 11 is 0. The molecule has 5 nitrogen and oxygen atoms in total. The third-order valence-corrected chi connectivity index (χ3v) is 3.15. The van der Waals surface area contributed by atoms with E-state index < -0.39 is 0 Å². The summed E-state index contributed by atoms with van der Waals surface area (Å²) in [5.41, 5.74) is 2.22. The molecular weight excluding hydrogens is 252 g/mol. The molecule has 0 aliphatic heterocycles. The average molecular weight is 274 g/mol. The maximum Gasteiger partial charge on any atom is 0.221 e. The number of carbonyl (C=O) groups is 1. The fourth-order valence-electron chi connectivity index (χ4n) is 2.19. The molecule has 0 saturated heterocycles. The maximum absolute atomic E-state index is 11.7. The predicted octanol–water partition coefficient (Wildman–Crippen LogP) is 1.96. The first-order valence-electron chi connectivity index (χ1n) is 7.00. The highest BCUT2D eigenvalue weighted by Gasteiger charge is 2.10. The molecule has 0 fully saturated rings. The lowest BCUT2D eigenvalue weighted by molar-refractivity contribution is -0.122. The van der Waals surface area contributed by atoms with Crippen LogP contribution >= 0.6 is 0 Å². The smallest absolute Gasteiger partial charge is 0.221 e. The topological polar surface area (TPSA) is 69.8 Å². The van der Waals surface area contributed by atoms with Crippen LogP contribution in [0.3, 0.4) is 0 Å². The lowest BCUT2D eigenvalue weighted by Crippen LogP contribution is -2.36. The van der Waals surface area contributed by atoms with Crippen molar-refractivity contribution in [3.8, 4) is 0 Å². The number of aromatic nitrogens is 2. The van der Waals surface area contributed by atoms with E-state index in [9.17, 15) is 4.79 Å². The van der Waals surface area contributed by atoms with Gasteiger partial charge in [-0.2, -0.15) is 5.10 Å². The van der Waals surface area contributed by atoms with Gasteiger partial charge < -0.3 is 10.6 Å². The molecule has 1 heterocycles. The number of para-hydroxylation sites is 1. The van der Waals surface area contributed by atoms with Crippen molar-refractivity contribution in [3.05, 3.63) is 30.0 Å². The third kappa shape index (κ3) is 3.81. The SMILES string of the molecule is CC(C)NC(=O)C[C@H](C)NCc1cccc2cn[nH]c12. The number of H-pyrrole nitrogens is 1. The maximum atomic E-state index is 11.7. The number of nitrogens with one attached hydrogen (secondary N) is 3. The van der Waals surface area contributed by atoms with Crippen molar-refractivity contribution in [1.82, 2.24) is 20.8 Å². The molecule has 5 heteroatoms. The summed E-state index contributed by atoms with van der Waals surface area (Å²) in [5.74, 6) is 0.0831. The molecule has 0 radical (unpaired) electrons. The second-order valence-corrected chi connectivity index (χ2v) is 5.46. The molecule has 0 bridgehead atoms. The van der Waals surface area contributed by atoms with Gasteiger partial charge in [-0.25, -0.2) is 0 Å². The minimum absolute atomic E-state index is 0.0831. The Bertz CT molecular complexity index is 576. The normalized spacial score (nSPS) is 12.8. The molecule has 0 aliphatic carbocycles. The van der Waals surface area contributed by atoms with Gasteiger partial charge in [0.05, 0.1) is 11.7 Å². The first kappa shape index (κ1) is 14.5. The number of amides is 1. The van der Waals surface area contributed by atoms with Crippen LogP contribution in [0.5, 0.6) is 0 Å². The zero-order chi connectivity index (χ0) is 14.5. The molecule has 2 rings (SSSR count). The molecule has 108 valence electrons. The largest absolute Gasteiger partial charge is 0.354 e. The Morgan fingerprint density at radius 2 is 2.15 bits per heavy atom. The number of carbonyl (C=O) groups excluding carboxylic acids is 1. The molecule has 1 atom stereocenters. The summed E-state index contributed by atoms with van der Waals surface area (Å²) in [7, 11) is 0. The molecular formula is C15H22N4O. The van der Waals surface area contributed by atoms with E-state index in [2.05, 4.69) is 26.9 Å². The Morgan fingerprint density at radius 3 is 2.90 bits per heavy atom. The highest BCUT2D eigenvalue weighted by molar-refractivity contribution is 5.81. The van der Waals surface area contributed by atoms with Crippen molar-refractivity contribution in [2.45, 2.75) is 45.8 Å². The molecule has 20 heavy (non-hydrogen) atoms. The van der Waals surface area contributed by atoms with E-state index in [1.54, 1.807) is 0 Å². The monoisotopic (exact) mass is 274 g/mol. The Hall–Kier alpha value is -1.88. The van der Waals surface area contributed by atoms with Crippen LogP contribution in [0.25, 0.3) is 10.9 Å². The lowest BCUT2D eigenvalue weighted by atomic mass is 10.1. The molecule has 1 amide bonds. The van der Waals surface area contributed by atoms with Crippen LogP contribution in [0.2, 0.25) is 0 Å². The van der Waals surface area contributed by atoms with Gasteiger partial charge in [0, 0.05) is 30.4 Å². The molecule has 1 aromatic carbocycles. The van der Waals surface area contributed by atoms with E-state index >= 15 is 0 Å². The summed E-state index contributed by atoms with van der Waals surface area (Å²) in [6.07, 6.45) is 2.30. The lowest BCUT2D eigenvalue weighted by Gasteiger charge is -2.15. The fourth-order valence-corrected chi connectivity index (χ4v) is 2.19. The van der Waals surface area contributed by atoms with E-state index in [-0.39, 0.29) is 18.0 Å². The Morgan fingerprint density at radius 1 is 1.35 bits per heavy atom. The van der Waals surface area contributed by atoms with Crippen LogP contribution in [0, 0.1) is 0 Å². The first-order valence-corrected chi connectivity index (χ1v) is 7.00. The van der Waals surface area contributed by atoms with Gasteiger partial charge in [0.1, 0.15) is 0 Å². The quantitative estimate of drug-likeness (QED) is 0.754. The molecule has 3 N–H and O–H groups in total. The Labute approximate surface area is 119 Å². The first-order chi connectivity index (χ1) is 9.56. The van der Waals surface area contributed by atoms with Crippen LogP contribution in [-0.4, -0.2) is 28.2 Å². The minimum atomic E-state index is 0.0831. The molecule has 0 saturated carbocycles. The van der Waals surface area contributed by atoms with Gasteiger partial charge in [-0.15, -0.1) is 0 Å². The van der Waals surface area contributed by atoms with Crippen molar-refractivity contribution in [2.24, 2.45) is 0 Å². The number of rotatable bonds is 6. The standard InChI is InChI=1S/C15H22N4O/c1-10(2)18-14(20)7-11(3)16-8-12-5-4-6-13-9-17-19-15(12)13/h4-6,9-11,16H,7-8H2,1-3H3,(H,17,19)(H,18,20)/t11-/m0/s1. The van der Waals surface area contributed by atoms with Crippen molar-refractivity contribution < 1.29 is 4.79 Å². The van der Waals surface area contributed by atoms with Crippen LogP contribution in [0.1, 0.15) is 32.8 Å². The van der Waals surface area contributed by atoms with Crippen molar-refractivity contribution in [3.63, 3.8) is 0 Å². The Kier molecular flexibility index (Phi) is 4.74. The van der Waals surface area contributed by atoms with Gasteiger partial charge in [0.25, 0.3) is 0 Å². The minimum Gasteiger partial charge on any atom is -0.354 e. The van der Waals surface area contributed by atoms with Crippen molar-refractivity contribution >= 4 is 16.8 Å². The molecule has 0 unspecified atom stereocenters. The van der Waals surface area contributed by atoms with Crippen molar-refractivity contribution in [2.75, 3.05) is 0 Å². The van der Waals surface area contributed by atoms with Gasteiger partial charge in [0.2, 0.25) is 5.91 Å². The highest BCUT2D eigenvalue weighted by Crippen LogP contribution is 2.15. The fraction of sp³-hybridized carbons (Fsp3) is 0.467. The van der Waals surface area contributed by atoms with Crippen molar-refractivity contribution in [1.29, 1.82) is 0 Å². The van der Waals surface area contributed by atoms with Gasteiger partial charge in [-0.05, 0) is 26.3 Å². The van der Waals surface area contributed by atoms with E-state index in [0.717, 1.165) is 23.0 Å². The van der Waals surface area contributed by atoms with Gasteiger partial charge in [-0.3, -0.25) is 9.89 Å². The average Bonchev–Trinajstić information content (AvgIpc) is 2.83. The highest BCUT2D eigenvalue weighted by atomic mass is 16.1. The number of fused-ring (bicyclic) bond motifs is 1. The van der Waals surface area contributed by atoms with Gasteiger partial charge >= 0.3 is 0 Å². The second kappa shape index (κ2) is 6.52. The van der Waals surface area contributed by atoms with E-state index in [1.165, 1.54) is 0 Å². The predicted molar refractivity (Wildman–Crippen MR) is 80.3 cm³/mol. The summed E-state index contributed by atoms with van der Waals surface area (Å²) in [5, 5.41) is 14.4. The molecule has 1 aromatic heterocycles. The number of hydrogen-bond donors (Lipinski definition) is 3. The third-order valence-electron chi connectivity index (χ3n) is 3.15. The van der Waals surface area contributed by atoms with Crippen LogP contribution < -0.4 is 10.6 Å². The summed E-state index contributed by atoms with van der Waals surface area (Å²) in [4.78, 5) is 11.7. The second-order valence-electron chi connectivity index (χ2n) is 5.46. The van der Waals surface area contributed by atoms with Crippen LogP contribution in [0.15, 0.2) is 24.4 Å².